The summed E-state index contributed by atoms with van der Waals surface area (Å²) in [4.78, 5) is 11.6. The summed E-state index contributed by atoms with van der Waals surface area (Å²) < 4.78 is 25.6. The molecule has 0 unspecified atom stereocenters. The number of hydrogen-bond donors (Lipinski definition) is 1. The number of aromatic nitrogens is 2. The maximum absolute atomic E-state index is 11.6. The molecule has 0 atom stereocenters. The Bertz CT molecular complexity index is 1300. The molecule has 8 heteroatoms. The number of carboxylic acids is 1. The lowest BCUT2D eigenvalue weighted by Crippen LogP contribution is -2.21. The summed E-state index contributed by atoms with van der Waals surface area (Å²) >= 11 is 0. The van der Waals surface area contributed by atoms with Gasteiger partial charge in [-0.15, -0.1) is 0 Å². The number of carbonyl (C=O) groups is 1. The van der Waals surface area contributed by atoms with Crippen LogP contribution in [0.2, 0.25) is 0 Å². The van der Waals surface area contributed by atoms with Crippen LogP contribution < -0.4 is 14.2 Å². The van der Waals surface area contributed by atoms with Gasteiger partial charge < -0.3 is 24.1 Å². The highest BCUT2D eigenvalue weighted by atomic mass is 16.5. The molecule has 1 N–H and O–H groups in total. The van der Waals surface area contributed by atoms with Crippen LogP contribution in [0.5, 0.6) is 17.2 Å². The number of rotatable bonds is 11. The Labute approximate surface area is 230 Å². The van der Waals surface area contributed by atoms with Gasteiger partial charge in [-0.1, -0.05) is 13.3 Å². The lowest BCUT2D eigenvalue weighted by molar-refractivity contribution is 0.0656. The van der Waals surface area contributed by atoms with E-state index in [1.165, 1.54) is 7.11 Å². The van der Waals surface area contributed by atoms with E-state index in [2.05, 4.69) is 37.6 Å². The summed E-state index contributed by atoms with van der Waals surface area (Å²) in [5.41, 5.74) is 7.25. The van der Waals surface area contributed by atoms with Crippen molar-refractivity contribution in [3.05, 3.63) is 57.9 Å². The molecule has 1 aliphatic rings. The second-order valence-corrected chi connectivity index (χ2v) is 10.1. The molecule has 0 aliphatic carbocycles. The van der Waals surface area contributed by atoms with Crippen molar-refractivity contribution in [1.82, 2.24) is 9.78 Å². The van der Waals surface area contributed by atoms with Crippen molar-refractivity contribution in [2.75, 3.05) is 26.9 Å². The normalized spacial score (nSPS) is 13.9. The Kier molecular flexibility index (Phi) is 9.17. The summed E-state index contributed by atoms with van der Waals surface area (Å²) in [5, 5.41) is 14.4. The Hall–Kier alpha value is -3.52. The van der Waals surface area contributed by atoms with Crippen LogP contribution in [0.3, 0.4) is 0 Å². The molecule has 0 spiro atoms. The van der Waals surface area contributed by atoms with Gasteiger partial charge in [0.25, 0.3) is 0 Å². The van der Waals surface area contributed by atoms with Crippen molar-refractivity contribution >= 4 is 5.97 Å². The molecular formula is C31H40N2O6. The molecule has 1 aromatic heterocycles. The number of carboxylic acid groups (broad SMARTS) is 1. The number of aromatic carboxylic acids is 1. The molecule has 3 aromatic rings. The Balaban J connectivity index is 1.72. The van der Waals surface area contributed by atoms with E-state index in [-0.39, 0.29) is 12.2 Å². The number of nitrogens with zero attached hydrogens (tertiary/aromatic N) is 2. The molecule has 0 radical (unpaired) electrons. The lowest BCUT2D eigenvalue weighted by Gasteiger charge is -2.24. The van der Waals surface area contributed by atoms with Crippen molar-refractivity contribution < 1.29 is 28.8 Å². The predicted octanol–water partition coefficient (Wildman–Crippen LogP) is 6.46. The molecule has 39 heavy (non-hydrogen) atoms. The van der Waals surface area contributed by atoms with E-state index >= 15 is 0 Å². The molecule has 210 valence electrons. The molecule has 0 saturated carbocycles. The fourth-order valence-corrected chi connectivity index (χ4v) is 5.42. The van der Waals surface area contributed by atoms with Crippen LogP contribution in [0.15, 0.2) is 24.3 Å². The molecule has 2 heterocycles. The van der Waals surface area contributed by atoms with Gasteiger partial charge in [0.05, 0.1) is 25.5 Å². The summed E-state index contributed by atoms with van der Waals surface area (Å²) in [6.45, 7) is 12.5. The zero-order valence-corrected chi connectivity index (χ0v) is 23.9. The topological polar surface area (TPSA) is 92.0 Å². The highest BCUT2D eigenvalue weighted by molar-refractivity contribution is 5.91. The first-order valence-electron chi connectivity index (χ1n) is 13.8. The van der Waals surface area contributed by atoms with E-state index in [1.807, 2.05) is 13.8 Å². The molecule has 0 bridgehead atoms. The van der Waals surface area contributed by atoms with Crippen molar-refractivity contribution in [1.29, 1.82) is 0 Å². The zero-order chi connectivity index (χ0) is 28.1. The Morgan fingerprint density at radius 3 is 2.44 bits per heavy atom. The Morgan fingerprint density at radius 1 is 1.05 bits per heavy atom. The van der Waals surface area contributed by atoms with E-state index in [1.54, 1.807) is 12.1 Å². The molecule has 1 fully saturated rings. The summed E-state index contributed by atoms with van der Waals surface area (Å²) in [7, 11) is 1.47. The molecule has 0 amide bonds. The molecule has 2 aromatic carbocycles. The fourth-order valence-electron chi connectivity index (χ4n) is 5.42. The van der Waals surface area contributed by atoms with Crippen molar-refractivity contribution in [2.45, 2.75) is 73.0 Å². The summed E-state index contributed by atoms with van der Waals surface area (Å²) in [6.07, 6.45) is 3.72. The van der Waals surface area contributed by atoms with E-state index in [0.29, 0.717) is 24.1 Å². The van der Waals surface area contributed by atoms with Gasteiger partial charge in [-0.2, -0.15) is 5.10 Å². The molecule has 8 nitrogen and oxygen atoms in total. The highest BCUT2D eigenvalue weighted by Crippen LogP contribution is 2.41. The number of hydrogen-bond acceptors (Lipinski definition) is 6. The first-order chi connectivity index (χ1) is 18.8. The van der Waals surface area contributed by atoms with Gasteiger partial charge in [0, 0.05) is 24.5 Å². The van der Waals surface area contributed by atoms with Gasteiger partial charge in [-0.05, 0) is 93.5 Å². The van der Waals surface area contributed by atoms with Crippen LogP contribution in [-0.2, 0) is 17.8 Å². The maximum atomic E-state index is 11.6. The number of methoxy groups -OCH3 is 1. The second kappa shape index (κ2) is 12.6. The maximum Gasteiger partial charge on any atom is 0.339 e. The zero-order valence-electron chi connectivity index (χ0n) is 23.9. The molecular weight excluding hydrogens is 496 g/mol. The second-order valence-electron chi connectivity index (χ2n) is 10.1. The van der Waals surface area contributed by atoms with Gasteiger partial charge >= 0.3 is 5.97 Å². The van der Waals surface area contributed by atoms with Gasteiger partial charge in [-0.25, -0.2) is 4.79 Å². The van der Waals surface area contributed by atoms with Crippen molar-refractivity contribution in [2.24, 2.45) is 0 Å². The van der Waals surface area contributed by atoms with Gasteiger partial charge in [0.2, 0.25) is 0 Å². The van der Waals surface area contributed by atoms with Crippen molar-refractivity contribution in [3.8, 4) is 28.4 Å². The average Bonchev–Trinajstić information content (AvgIpc) is 3.22. The van der Waals surface area contributed by atoms with E-state index < -0.39 is 5.97 Å². The Morgan fingerprint density at radius 2 is 1.79 bits per heavy atom. The van der Waals surface area contributed by atoms with E-state index in [9.17, 15) is 9.90 Å². The van der Waals surface area contributed by atoms with Crippen molar-refractivity contribution in [3.63, 3.8) is 0 Å². The third kappa shape index (κ3) is 6.06. The minimum Gasteiger partial charge on any atom is -0.496 e. The lowest BCUT2D eigenvalue weighted by atomic mass is 9.97. The average molecular weight is 537 g/mol. The van der Waals surface area contributed by atoms with Crippen LogP contribution in [0.4, 0.5) is 0 Å². The fraction of sp³-hybridized carbons (Fsp3) is 0.484. The van der Waals surface area contributed by atoms with Crippen LogP contribution in [0.1, 0.15) is 77.6 Å². The smallest absolute Gasteiger partial charge is 0.339 e. The molecule has 1 aliphatic heterocycles. The number of benzene rings is 2. The van der Waals surface area contributed by atoms with E-state index in [0.717, 1.165) is 83.9 Å². The first-order valence-corrected chi connectivity index (χ1v) is 13.8. The first kappa shape index (κ1) is 28.5. The predicted molar refractivity (Wildman–Crippen MR) is 150 cm³/mol. The summed E-state index contributed by atoms with van der Waals surface area (Å²) in [5.74, 6) is 0.707. The largest absolute Gasteiger partial charge is 0.496 e. The SMILES string of the molecule is CCCc1cc(-c2c(C)nn(C3CCOCC3)c2C)cc(OCC)c1OCc1cc(OC)c(C(=O)O)cc1C. The number of ether oxygens (including phenoxy) is 4. The third-order valence-electron chi connectivity index (χ3n) is 7.36. The minimum atomic E-state index is -1.02. The number of aryl methyl sites for hydroxylation is 3. The standard InChI is InChI=1S/C31H40N2O6/c1-7-9-22-15-23(29-20(4)32-33(21(29)5)25-10-12-37-13-11-25)16-28(38-8-2)30(22)39-18-24-17-27(36-6)26(31(34)35)14-19(24)3/h14-17,25H,7-13,18H2,1-6H3,(H,34,35). The minimum absolute atomic E-state index is 0.136. The summed E-state index contributed by atoms with van der Waals surface area (Å²) in [6, 6.07) is 7.98. The van der Waals surface area contributed by atoms with Gasteiger partial charge in [-0.3, -0.25) is 4.68 Å². The third-order valence-corrected chi connectivity index (χ3v) is 7.36. The van der Waals surface area contributed by atoms with Crippen LogP contribution >= 0.6 is 0 Å². The van der Waals surface area contributed by atoms with Gasteiger partial charge in [0.1, 0.15) is 17.9 Å². The monoisotopic (exact) mass is 536 g/mol. The van der Waals surface area contributed by atoms with Crippen LogP contribution in [-0.4, -0.2) is 47.8 Å². The van der Waals surface area contributed by atoms with Gasteiger partial charge in [0.15, 0.2) is 11.5 Å². The molecule has 4 rings (SSSR count). The van der Waals surface area contributed by atoms with Crippen LogP contribution in [0, 0.1) is 20.8 Å². The highest BCUT2D eigenvalue weighted by Gasteiger charge is 2.24. The van der Waals surface area contributed by atoms with E-state index in [4.69, 9.17) is 24.0 Å². The quantitative estimate of drug-likeness (QED) is 0.300. The van der Waals surface area contributed by atoms with Crippen LogP contribution in [0.25, 0.3) is 11.1 Å². The molecule has 1 saturated heterocycles.